The van der Waals surface area contributed by atoms with E-state index in [9.17, 15) is 4.79 Å². The van der Waals surface area contributed by atoms with Gasteiger partial charge in [0.25, 0.3) is 0 Å². The number of rotatable bonds is 4. The molecule has 1 rings (SSSR count). The van der Waals surface area contributed by atoms with Crippen molar-refractivity contribution in [1.82, 2.24) is 0 Å². The van der Waals surface area contributed by atoms with Crippen molar-refractivity contribution in [3.05, 3.63) is 29.8 Å². The smallest absolute Gasteiger partial charge is 0.308 e. The van der Waals surface area contributed by atoms with Crippen LogP contribution in [0.5, 0.6) is 5.75 Å². The molecule has 0 aliphatic heterocycles. The van der Waals surface area contributed by atoms with Gasteiger partial charge in [0.1, 0.15) is 5.75 Å². The topological polar surface area (TPSA) is 35.5 Å². The first-order valence-corrected chi connectivity index (χ1v) is 4.48. The quantitative estimate of drug-likeness (QED) is 0.687. The fraction of sp³-hybridized carbons (Fsp3) is 0.364. The molecule has 0 aliphatic rings. The highest BCUT2D eigenvalue weighted by molar-refractivity contribution is 5.69. The number of esters is 1. The molecule has 1 aromatic carbocycles. The summed E-state index contributed by atoms with van der Waals surface area (Å²) in [6.45, 7) is 2.37. The van der Waals surface area contributed by atoms with E-state index in [0.29, 0.717) is 6.61 Å². The Kier molecular flexibility index (Phi) is 3.98. The van der Waals surface area contributed by atoms with E-state index in [4.69, 9.17) is 4.74 Å². The van der Waals surface area contributed by atoms with Crippen molar-refractivity contribution in [2.75, 3.05) is 13.7 Å². The normalized spacial score (nSPS) is 9.57. The largest absolute Gasteiger partial charge is 0.493 e. The van der Waals surface area contributed by atoms with Crippen LogP contribution in [0.25, 0.3) is 0 Å². The van der Waals surface area contributed by atoms with Crippen molar-refractivity contribution in [1.29, 1.82) is 0 Å². The van der Waals surface area contributed by atoms with Crippen LogP contribution in [0, 0.1) is 6.92 Å². The molecular weight excluding hydrogens is 180 g/mol. The predicted molar refractivity (Wildman–Crippen MR) is 53.3 cm³/mol. The zero-order chi connectivity index (χ0) is 10.4. The van der Waals surface area contributed by atoms with E-state index in [2.05, 4.69) is 4.74 Å². The maximum atomic E-state index is 10.8. The third-order valence-corrected chi connectivity index (χ3v) is 1.82. The van der Waals surface area contributed by atoms with Crippen LogP contribution in [-0.2, 0) is 9.53 Å². The first-order chi connectivity index (χ1) is 6.72. The molecule has 0 aromatic heterocycles. The van der Waals surface area contributed by atoms with Gasteiger partial charge in [-0.25, -0.2) is 0 Å². The molecule has 0 unspecified atom stereocenters. The molecule has 76 valence electrons. The molecule has 0 N–H and O–H groups in total. The zero-order valence-corrected chi connectivity index (χ0v) is 8.45. The van der Waals surface area contributed by atoms with Crippen LogP contribution in [0.2, 0.25) is 0 Å². The van der Waals surface area contributed by atoms with Crippen molar-refractivity contribution in [2.45, 2.75) is 13.3 Å². The molecule has 0 atom stereocenters. The summed E-state index contributed by atoms with van der Waals surface area (Å²) in [6, 6.07) is 7.69. The Labute approximate surface area is 83.6 Å². The Balaban J connectivity index is 2.31. The van der Waals surface area contributed by atoms with Gasteiger partial charge < -0.3 is 9.47 Å². The van der Waals surface area contributed by atoms with Crippen molar-refractivity contribution in [3.8, 4) is 5.75 Å². The van der Waals surface area contributed by atoms with Crippen LogP contribution in [-0.4, -0.2) is 19.7 Å². The highest BCUT2D eigenvalue weighted by atomic mass is 16.5. The second kappa shape index (κ2) is 5.27. The van der Waals surface area contributed by atoms with Crippen LogP contribution in [0.3, 0.4) is 0 Å². The zero-order valence-electron chi connectivity index (χ0n) is 8.45. The fourth-order valence-corrected chi connectivity index (χ4v) is 0.989. The molecule has 1 aromatic rings. The summed E-state index contributed by atoms with van der Waals surface area (Å²) in [7, 11) is 1.37. The average molecular weight is 194 g/mol. The lowest BCUT2D eigenvalue weighted by molar-refractivity contribution is -0.141. The number of ether oxygens (including phenoxy) is 2. The lowest BCUT2D eigenvalue weighted by atomic mass is 10.2. The molecule has 3 nitrogen and oxygen atoms in total. The fourth-order valence-electron chi connectivity index (χ4n) is 0.989. The summed E-state index contributed by atoms with van der Waals surface area (Å²) in [6.07, 6.45) is 0.282. The van der Waals surface area contributed by atoms with Gasteiger partial charge >= 0.3 is 5.97 Å². The number of methoxy groups -OCH3 is 1. The lowest BCUT2D eigenvalue weighted by Gasteiger charge is -2.04. The van der Waals surface area contributed by atoms with E-state index in [-0.39, 0.29) is 12.4 Å². The Bertz CT molecular complexity index is 290. The second-order valence-corrected chi connectivity index (χ2v) is 2.99. The van der Waals surface area contributed by atoms with Crippen LogP contribution in [0.1, 0.15) is 12.0 Å². The van der Waals surface area contributed by atoms with Gasteiger partial charge in [-0.2, -0.15) is 0 Å². The van der Waals surface area contributed by atoms with Gasteiger partial charge in [-0.1, -0.05) is 17.7 Å². The highest BCUT2D eigenvalue weighted by Crippen LogP contribution is 2.11. The molecule has 14 heavy (non-hydrogen) atoms. The number of carbonyl (C=O) groups excluding carboxylic acids is 1. The summed E-state index contributed by atoms with van der Waals surface area (Å²) in [5, 5.41) is 0. The Morgan fingerprint density at radius 3 is 2.50 bits per heavy atom. The lowest BCUT2D eigenvalue weighted by Crippen LogP contribution is -2.07. The predicted octanol–water partition coefficient (Wildman–Crippen LogP) is 1.94. The van der Waals surface area contributed by atoms with Crippen molar-refractivity contribution in [3.63, 3.8) is 0 Å². The molecule has 3 heteroatoms. The Morgan fingerprint density at radius 2 is 1.93 bits per heavy atom. The number of hydrogen-bond acceptors (Lipinski definition) is 3. The van der Waals surface area contributed by atoms with Crippen molar-refractivity contribution in [2.24, 2.45) is 0 Å². The molecular formula is C11H14O3. The molecule has 0 bridgehead atoms. The van der Waals surface area contributed by atoms with Gasteiger partial charge in [-0.05, 0) is 19.1 Å². The number of benzene rings is 1. The van der Waals surface area contributed by atoms with E-state index in [1.54, 1.807) is 0 Å². The summed E-state index contributed by atoms with van der Waals surface area (Å²) < 4.78 is 9.82. The molecule has 0 saturated heterocycles. The molecule has 0 saturated carbocycles. The van der Waals surface area contributed by atoms with Gasteiger partial charge in [0.15, 0.2) is 0 Å². The minimum atomic E-state index is -0.253. The van der Waals surface area contributed by atoms with Crippen LogP contribution in [0.15, 0.2) is 24.3 Å². The van der Waals surface area contributed by atoms with E-state index in [1.807, 2.05) is 31.2 Å². The maximum Gasteiger partial charge on any atom is 0.308 e. The SMILES string of the molecule is COC(=O)CCOc1ccc(C)cc1. The van der Waals surface area contributed by atoms with Gasteiger partial charge in [-0.15, -0.1) is 0 Å². The molecule has 0 amide bonds. The van der Waals surface area contributed by atoms with Gasteiger partial charge in [0.2, 0.25) is 0 Å². The van der Waals surface area contributed by atoms with Crippen LogP contribution in [0.4, 0.5) is 0 Å². The Hall–Kier alpha value is -1.51. The number of aryl methyl sites for hydroxylation is 1. The second-order valence-electron chi connectivity index (χ2n) is 2.99. The summed E-state index contributed by atoms with van der Waals surface area (Å²) in [4.78, 5) is 10.8. The average Bonchev–Trinajstić information content (AvgIpc) is 2.21. The summed E-state index contributed by atoms with van der Waals surface area (Å²) in [5.41, 5.74) is 1.19. The minimum absolute atomic E-state index is 0.253. The van der Waals surface area contributed by atoms with Gasteiger partial charge in [0.05, 0.1) is 20.1 Å². The van der Waals surface area contributed by atoms with Crippen molar-refractivity contribution >= 4 is 5.97 Å². The van der Waals surface area contributed by atoms with E-state index >= 15 is 0 Å². The molecule has 0 spiro atoms. The standard InChI is InChI=1S/C11H14O3/c1-9-3-5-10(6-4-9)14-8-7-11(12)13-2/h3-6H,7-8H2,1-2H3. The van der Waals surface area contributed by atoms with Crippen LogP contribution < -0.4 is 4.74 Å². The monoisotopic (exact) mass is 194 g/mol. The molecule has 0 radical (unpaired) electrons. The van der Waals surface area contributed by atoms with Gasteiger partial charge in [0, 0.05) is 0 Å². The maximum absolute atomic E-state index is 10.8. The molecule has 0 aliphatic carbocycles. The summed E-state index contributed by atoms with van der Waals surface area (Å²) >= 11 is 0. The third kappa shape index (κ3) is 3.47. The van der Waals surface area contributed by atoms with Gasteiger partial charge in [-0.3, -0.25) is 4.79 Å². The minimum Gasteiger partial charge on any atom is -0.493 e. The first kappa shape index (κ1) is 10.6. The Morgan fingerprint density at radius 1 is 1.29 bits per heavy atom. The molecule has 0 heterocycles. The van der Waals surface area contributed by atoms with Crippen LogP contribution >= 0.6 is 0 Å². The number of carbonyl (C=O) groups is 1. The van der Waals surface area contributed by atoms with E-state index in [0.717, 1.165) is 5.75 Å². The van der Waals surface area contributed by atoms with Crippen molar-refractivity contribution < 1.29 is 14.3 Å². The summed E-state index contributed by atoms with van der Waals surface area (Å²) in [5.74, 6) is 0.525. The number of hydrogen-bond donors (Lipinski definition) is 0. The first-order valence-electron chi connectivity index (χ1n) is 4.48. The van der Waals surface area contributed by atoms with E-state index < -0.39 is 0 Å². The van der Waals surface area contributed by atoms with E-state index in [1.165, 1.54) is 12.7 Å². The highest BCUT2D eigenvalue weighted by Gasteiger charge is 2.00. The third-order valence-electron chi connectivity index (χ3n) is 1.82. The molecule has 0 fully saturated rings.